The number of carbonyl (C=O) groups excluding carboxylic acids is 1. The van der Waals surface area contributed by atoms with Gasteiger partial charge in [-0.15, -0.1) is 0 Å². The largest absolute Gasteiger partial charge is 0.381 e. The number of hydroxylamine groups is 1. The number of carbonyl (C=O) groups is 1. The van der Waals surface area contributed by atoms with E-state index in [-0.39, 0.29) is 5.91 Å². The summed E-state index contributed by atoms with van der Waals surface area (Å²) in [5.41, 5.74) is 7.53. The molecule has 0 saturated carbocycles. The van der Waals surface area contributed by atoms with E-state index in [1.807, 2.05) is 13.8 Å². The van der Waals surface area contributed by atoms with Gasteiger partial charge in [0.1, 0.15) is 5.54 Å². The average molecular weight is 216 g/mol. The molecule has 0 bridgehead atoms. The standard InChI is InChI=1S/C10H20N2O3/c1-8(2)7-15-12-9(13)10(11)3-5-14-6-4-10/h8H,3-7,11H2,1-2H3,(H,12,13). The highest BCUT2D eigenvalue weighted by Gasteiger charge is 2.36. The first-order valence-corrected chi connectivity index (χ1v) is 5.33. The van der Waals surface area contributed by atoms with Crippen LogP contribution in [0.15, 0.2) is 0 Å². The molecule has 5 heteroatoms. The lowest BCUT2D eigenvalue weighted by atomic mass is 9.91. The Bertz CT molecular complexity index is 213. The topological polar surface area (TPSA) is 73.6 Å². The first-order chi connectivity index (χ1) is 7.04. The second-order valence-corrected chi connectivity index (χ2v) is 4.40. The molecule has 15 heavy (non-hydrogen) atoms. The first kappa shape index (κ1) is 12.4. The van der Waals surface area contributed by atoms with Crippen molar-refractivity contribution in [3.05, 3.63) is 0 Å². The Morgan fingerprint density at radius 3 is 2.67 bits per heavy atom. The van der Waals surface area contributed by atoms with Gasteiger partial charge in [-0.25, -0.2) is 5.48 Å². The molecule has 1 fully saturated rings. The van der Waals surface area contributed by atoms with Crippen LogP contribution in [0.1, 0.15) is 26.7 Å². The second kappa shape index (κ2) is 5.44. The van der Waals surface area contributed by atoms with Crippen molar-refractivity contribution in [3.63, 3.8) is 0 Å². The maximum absolute atomic E-state index is 11.7. The van der Waals surface area contributed by atoms with Gasteiger partial charge in [-0.3, -0.25) is 9.63 Å². The van der Waals surface area contributed by atoms with Crippen LogP contribution in [0.25, 0.3) is 0 Å². The van der Waals surface area contributed by atoms with E-state index >= 15 is 0 Å². The predicted octanol–water partition coefficient (Wildman–Crippen LogP) is 0.198. The monoisotopic (exact) mass is 216 g/mol. The minimum atomic E-state index is -0.824. The second-order valence-electron chi connectivity index (χ2n) is 4.40. The minimum absolute atomic E-state index is 0.244. The molecule has 5 nitrogen and oxygen atoms in total. The third kappa shape index (κ3) is 3.77. The van der Waals surface area contributed by atoms with Crippen molar-refractivity contribution in [1.29, 1.82) is 0 Å². The molecule has 0 unspecified atom stereocenters. The molecule has 0 aromatic carbocycles. The molecule has 3 N–H and O–H groups in total. The van der Waals surface area contributed by atoms with E-state index in [1.165, 1.54) is 0 Å². The van der Waals surface area contributed by atoms with Crippen molar-refractivity contribution in [3.8, 4) is 0 Å². The molecule has 0 aliphatic carbocycles. The van der Waals surface area contributed by atoms with E-state index in [2.05, 4.69) is 5.48 Å². The molecular weight excluding hydrogens is 196 g/mol. The van der Waals surface area contributed by atoms with Crippen molar-refractivity contribution in [2.24, 2.45) is 11.7 Å². The molecule has 0 aromatic rings. The zero-order chi connectivity index (χ0) is 11.3. The summed E-state index contributed by atoms with van der Waals surface area (Å²) in [6, 6.07) is 0. The SMILES string of the molecule is CC(C)CONC(=O)C1(N)CCOCC1. The predicted molar refractivity (Wildman–Crippen MR) is 55.9 cm³/mol. The molecule has 1 amide bonds. The van der Waals surface area contributed by atoms with Gasteiger partial charge in [0.25, 0.3) is 5.91 Å². The fraction of sp³-hybridized carbons (Fsp3) is 0.900. The van der Waals surface area contributed by atoms with E-state index in [0.29, 0.717) is 38.6 Å². The van der Waals surface area contributed by atoms with Gasteiger partial charge in [0.05, 0.1) is 6.61 Å². The van der Waals surface area contributed by atoms with Crippen molar-refractivity contribution in [2.75, 3.05) is 19.8 Å². The summed E-state index contributed by atoms with van der Waals surface area (Å²) in [6.07, 6.45) is 1.09. The molecule has 0 spiro atoms. The Balaban J connectivity index is 2.31. The Hall–Kier alpha value is -0.650. The number of rotatable bonds is 4. The van der Waals surface area contributed by atoms with Crippen LogP contribution in [-0.4, -0.2) is 31.3 Å². The van der Waals surface area contributed by atoms with Gasteiger partial charge in [-0.05, 0) is 18.8 Å². The van der Waals surface area contributed by atoms with Gasteiger partial charge in [0.15, 0.2) is 0 Å². The van der Waals surface area contributed by atoms with Crippen LogP contribution in [-0.2, 0) is 14.4 Å². The van der Waals surface area contributed by atoms with Gasteiger partial charge in [0.2, 0.25) is 0 Å². The third-order valence-electron chi connectivity index (χ3n) is 2.42. The van der Waals surface area contributed by atoms with Crippen LogP contribution in [0.3, 0.4) is 0 Å². The van der Waals surface area contributed by atoms with Crippen LogP contribution < -0.4 is 11.2 Å². The number of hydrogen-bond acceptors (Lipinski definition) is 4. The van der Waals surface area contributed by atoms with Crippen LogP contribution in [0, 0.1) is 5.92 Å². The average Bonchev–Trinajstić information content (AvgIpc) is 2.18. The lowest BCUT2D eigenvalue weighted by molar-refractivity contribution is -0.143. The van der Waals surface area contributed by atoms with Gasteiger partial charge < -0.3 is 10.5 Å². The molecule has 0 radical (unpaired) electrons. The van der Waals surface area contributed by atoms with Gasteiger partial charge in [-0.2, -0.15) is 0 Å². The minimum Gasteiger partial charge on any atom is -0.381 e. The molecule has 88 valence electrons. The van der Waals surface area contributed by atoms with Crippen molar-refractivity contribution in [1.82, 2.24) is 5.48 Å². The summed E-state index contributed by atoms with van der Waals surface area (Å²) in [5, 5.41) is 0. The number of nitrogens with two attached hydrogens (primary N) is 1. The van der Waals surface area contributed by atoms with Crippen LogP contribution in [0.2, 0.25) is 0 Å². The van der Waals surface area contributed by atoms with E-state index < -0.39 is 5.54 Å². The third-order valence-corrected chi connectivity index (χ3v) is 2.42. The highest BCUT2D eigenvalue weighted by molar-refractivity contribution is 5.85. The summed E-state index contributed by atoms with van der Waals surface area (Å²) >= 11 is 0. The Morgan fingerprint density at radius 2 is 2.13 bits per heavy atom. The summed E-state index contributed by atoms with van der Waals surface area (Å²) in [4.78, 5) is 16.7. The molecular formula is C10H20N2O3. The molecule has 1 saturated heterocycles. The highest BCUT2D eigenvalue weighted by atomic mass is 16.7. The Morgan fingerprint density at radius 1 is 1.53 bits per heavy atom. The number of amides is 1. The first-order valence-electron chi connectivity index (χ1n) is 5.33. The molecule has 0 atom stereocenters. The summed E-state index contributed by atoms with van der Waals surface area (Å²) in [5.74, 6) is 0.139. The smallest absolute Gasteiger partial charge is 0.263 e. The number of ether oxygens (including phenoxy) is 1. The fourth-order valence-corrected chi connectivity index (χ4v) is 1.34. The molecule has 1 aliphatic rings. The fourth-order valence-electron chi connectivity index (χ4n) is 1.34. The Kier molecular flexibility index (Phi) is 4.50. The molecule has 1 aliphatic heterocycles. The van der Waals surface area contributed by atoms with Crippen molar-refractivity contribution < 1.29 is 14.4 Å². The normalized spacial score (nSPS) is 20.3. The number of nitrogens with one attached hydrogen (secondary N) is 1. The van der Waals surface area contributed by atoms with E-state index in [9.17, 15) is 4.79 Å². The van der Waals surface area contributed by atoms with Gasteiger partial charge >= 0.3 is 0 Å². The van der Waals surface area contributed by atoms with Crippen LogP contribution >= 0.6 is 0 Å². The van der Waals surface area contributed by atoms with Gasteiger partial charge in [0, 0.05) is 13.2 Å². The molecule has 1 heterocycles. The van der Waals surface area contributed by atoms with E-state index in [4.69, 9.17) is 15.3 Å². The lowest BCUT2D eigenvalue weighted by Crippen LogP contribution is -2.56. The summed E-state index contributed by atoms with van der Waals surface area (Å²) < 4.78 is 5.16. The summed E-state index contributed by atoms with van der Waals surface area (Å²) in [6.45, 7) is 5.60. The van der Waals surface area contributed by atoms with Crippen LogP contribution in [0.4, 0.5) is 0 Å². The molecule has 1 rings (SSSR count). The summed E-state index contributed by atoms with van der Waals surface area (Å²) in [7, 11) is 0. The lowest BCUT2D eigenvalue weighted by Gasteiger charge is -2.31. The highest BCUT2D eigenvalue weighted by Crippen LogP contribution is 2.17. The quantitative estimate of drug-likeness (QED) is 0.658. The van der Waals surface area contributed by atoms with Gasteiger partial charge in [-0.1, -0.05) is 13.8 Å². The maximum atomic E-state index is 11.7. The van der Waals surface area contributed by atoms with E-state index in [1.54, 1.807) is 0 Å². The molecule has 0 aromatic heterocycles. The van der Waals surface area contributed by atoms with E-state index in [0.717, 1.165) is 0 Å². The number of hydrogen-bond donors (Lipinski definition) is 2. The van der Waals surface area contributed by atoms with Crippen molar-refractivity contribution in [2.45, 2.75) is 32.2 Å². The Labute approximate surface area is 90.3 Å². The maximum Gasteiger partial charge on any atom is 0.263 e. The zero-order valence-corrected chi connectivity index (χ0v) is 9.41. The van der Waals surface area contributed by atoms with Crippen molar-refractivity contribution >= 4 is 5.91 Å². The van der Waals surface area contributed by atoms with Crippen LogP contribution in [0.5, 0.6) is 0 Å². The zero-order valence-electron chi connectivity index (χ0n) is 9.41.